The first-order chi connectivity index (χ1) is 7.97. The topological polar surface area (TPSA) is 84.2 Å². The minimum atomic E-state index is -0.855. The Morgan fingerprint density at radius 1 is 1.59 bits per heavy atom. The van der Waals surface area contributed by atoms with Crippen LogP contribution in [0.15, 0.2) is 12.4 Å². The first-order valence-electron chi connectivity index (χ1n) is 5.44. The normalized spacial score (nSPS) is 12.1. The lowest BCUT2D eigenvalue weighted by Crippen LogP contribution is -2.35. The second-order valence-electron chi connectivity index (χ2n) is 4.06. The van der Waals surface area contributed by atoms with E-state index in [1.54, 1.807) is 10.9 Å². The van der Waals surface area contributed by atoms with Crippen molar-refractivity contribution in [2.24, 2.45) is 7.05 Å². The lowest BCUT2D eigenvalue weighted by atomic mass is 10.0. The van der Waals surface area contributed by atoms with Gasteiger partial charge >= 0.3 is 5.97 Å². The summed E-state index contributed by atoms with van der Waals surface area (Å²) in [5, 5.41) is 15.4. The van der Waals surface area contributed by atoms with Crippen molar-refractivity contribution in [2.45, 2.75) is 32.2 Å². The van der Waals surface area contributed by atoms with Crippen molar-refractivity contribution >= 4 is 11.9 Å². The maximum absolute atomic E-state index is 11.0. The Labute approximate surface area is 99.6 Å². The van der Waals surface area contributed by atoms with Gasteiger partial charge in [-0.2, -0.15) is 5.10 Å². The molecule has 2 N–H and O–H groups in total. The molecule has 1 atom stereocenters. The van der Waals surface area contributed by atoms with Crippen LogP contribution < -0.4 is 5.32 Å². The number of hydrogen-bond acceptors (Lipinski definition) is 3. The second kappa shape index (κ2) is 6.03. The molecule has 1 unspecified atom stereocenters. The van der Waals surface area contributed by atoms with E-state index in [0.717, 1.165) is 5.56 Å². The van der Waals surface area contributed by atoms with Crippen molar-refractivity contribution in [3.8, 4) is 0 Å². The standard InChI is InChI=1S/C11H17N3O3/c1-8(15)13-10(3-4-11(16)17)5-9-6-12-14(2)7-9/h6-7,10H,3-5H2,1-2H3,(H,13,15)(H,16,17). The molecule has 6 heteroatoms. The zero-order chi connectivity index (χ0) is 12.8. The van der Waals surface area contributed by atoms with Crippen LogP contribution in [0.4, 0.5) is 0 Å². The van der Waals surface area contributed by atoms with E-state index >= 15 is 0 Å². The Morgan fingerprint density at radius 2 is 2.29 bits per heavy atom. The molecular formula is C11H17N3O3. The molecule has 0 saturated carbocycles. The van der Waals surface area contributed by atoms with Gasteiger partial charge in [-0.25, -0.2) is 0 Å². The average molecular weight is 239 g/mol. The lowest BCUT2D eigenvalue weighted by molar-refractivity contribution is -0.137. The number of nitrogens with one attached hydrogen (secondary N) is 1. The third kappa shape index (κ3) is 5.14. The lowest BCUT2D eigenvalue weighted by Gasteiger charge is -2.15. The van der Waals surface area contributed by atoms with Gasteiger partial charge in [0.2, 0.25) is 5.91 Å². The zero-order valence-corrected chi connectivity index (χ0v) is 10.0. The Morgan fingerprint density at radius 3 is 2.76 bits per heavy atom. The Hall–Kier alpha value is -1.85. The van der Waals surface area contributed by atoms with Crippen molar-refractivity contribution in [3.63, 3.8) is 0 Å². The minimum absolute atomic E-state index is 0.0468. The van der Waals surface area contributed by atoms with Crippen LogP contribution in [-0.2, 0) is 23.1 Å². The Kier molecular flexibility index (Phi) is 4.68. The number of nitrogens with zero attached hydrogens (tertiary/aromatic N) is 2. The minimum Gasteiger partial charge on any atom is -0.481 e. The van der Waals surface area contributed by atoms with Crippen molar-refractivity contribution in [1.29, 1.82) is 0 Å². The number of amides is 1. The Balaban J connectivity index is 2.56. The highest BCUT2D eigenvalue weighted by molar-refractivity contribution is 5.73. The van der Waals surface area contributed by atoms with Crippen molar-refractivity contribution < 1.29 is 14.7 Å². The van der Waals surface area contributed by atoms with E-state index in [-0.39, 0.29) is 18.4 Å². The second-order valence-corrected chi connectivity index (χ2v) is 4.06. The fraction of sp³-hybridized carbons (Fsp3) is 0.545. The summed E-state index contributed by atoms with van der Waals surface area (Å²) in [6, 6.07) is -0.159. The summed E-state index contributed by atoms with van der Waals surface area (Å²) in [6.45, 7) is 1.43. The van der Waals surface area contributed by atoms with Crippen LogP contribution >= 0.6 is 0 Å². The number of carbonyl (C=O) groups excluding carboxylic acids is 1. The van der Waals surface area contributed by atoms with E-state index < -0.39 is 5.97 Å². The van der Waals surface area contributed by atoms with Crippen LogP contribution in [0.3, 0.4) is 0 Å². The highest BCUT2D eigenvalue weighted by Crippen LogP contribution is 2.07. The number of carboxylic acid groups (broad SMARTS) is 1. The van der Waals surface area contributed by atoms with Gasteiger partial charge in [0, 0.05) is 32.6 Å². The van der Waals surface area contributed by atoms with Crippen LogP contribution in [0.25, 0.3) is 0 Å². The summed E-state index contributed by atoms with van der Waals surface area (Å²) in [5.74, 6) is -1.00. The summed E-state index contributed by atoms with van der Waals surface area (Å²) < 4.78 is 1.68. The molecule has 1 rings (SSSR count). The molecule has 1 amide bonds. The molecule has 6 nitrogen and oxygen atoms in total. The zero-order valence-electron chi connectivity index (χ0n) is 10.0. The third-order valence-corrected chi connectivity index (χ3v) is 2.35. The average Bonchev–Trinajstić information content (AvgIpc) is 2.59. The molecule has 1 heterocycles. The Bertz CT molecular complexity index is 400. The molecule has 0 aliphatic heterocycles. The van der Waals surface area contributed by atoms with Gasteiger partial charge in [0.1, 0.15) is 0 Å². The molecule has 1 aromatic heterocycles. The van der Waals surface area contributed by atoms with E-state index in [2.05, 4.69) is 10.4 Å². The van der Waals surface area contributed by atoms with Gasteiger partial charge in [0.15, 0.2) is 0 Å². The fourth-order valence-corrected chi connectivity index (χ4v) is 1.67. The molecule has 0 aromatic carbocycles. The number of rotatable bonds is 6. The number of aromatic nitrogens is 2. The van der Waals surface area contributed by atoms with Crippen molar-refractivity contribution in [2.75, 3.05) is 0 Å². The number of carboxylic acids is 1. The van der Waals surface area contributed by atoms with Crippen LogP contribution in [0.1, 0.15) is 25.3 Å². The van der Waals surface area contributed by atoms with Gasteiger partial charge < -0.3 is 10.4 Å². The summed E-state index contributed by atoms with van der Waals surface area (Å²) >= 11 is 0. The number of hydrogen-bond donors (Lipinski definition) is 2. The SMILES string of the molecule is CC(=O)NC(CCC(=O)O)Cc1cnn(C)c1. The first kappa shape index (κ1) is 13.2. The fourth-order valence-electron chi connectivity index (χ4n) is 1.67. The maximum atomic E-state index is 11.0. The van der Waals surface area contributed by atoms with E-state index in [9.17, 15) is 9.59 Å². The van der Waals surface area contributed by atoms with Gasteiger partial charge in [-0.05, 0) is 18.4 Å². The predicted octanol–water partition coefficient (Wildman–Crippen LogP) is 0.332. The molecule has 0 saturated heterocycles. The molecule has 17 heavy (non-hydrogen) atoms. The van der Waals surface area contributed by atoms with Gasteiger partial charge in [-0.3, -0.25) is 14.3 Å². The summed E-state index contributed by atoms with van der Waals surface area (Å²) in [7, 11) is 1.81. The maximum Gasteiger partial charge on any atom is 0.303 e. The quantitative estimate of drug-likeness (QED) is 0.749. The molecule has 94 valence electrons. The van der Waals surface area contributed by atoms with E-state index in [4.69, 9.17) is 5.11 Å². The molecular weight excluding hydrogens is 222 g/mol. The summed E-state index contributed by atoms with van der Waals surface area (Å²) in [6.07, 6.45) is 4.64. The van der Waals surface area contributed by atoms with Gasteiger partial charge in [-0.1, -0.05) is 0 Å². The number of carbonyl (C=O) groups is 2. The van der Waals surface area contributed by atoms with Gasteiger partial charge in [0.25, 0.3) is 0 Å². The largest absolute Gasteiger partial charge is 0.481 e. The molecule has 0 radical (unpaired) electrons. The van der Waals surface area contributed by atoms with Gasteiger partial charge in [0.05, 0.1) is 6.20 Å². The van der Waals surface area contributed by atoms with E-state index in [0.29, 0.717) is 12.8 Å². The first-order valence-corrected chi connectivity index (χ1v) is 5.44. The highest BCUT2D eigenvalue weighted by atomic mass is 16.4. The number of aliphatic carboxylic acids is 1. The van der Waals surface area contributed by atoms with Crippen molar-refractivity contribution in [1.82, 2.24) is 15.1 Å². The molecule has 0 aliphatic carbocycles. The van der Waals surface area contributed by atoms with Crippen LogP contribution in [0, 0.1) is 0 Å². The summed E-state index contributed by atoms with van der Waals surface area (Å²) in [4.78, 5) is 21.5. The van der Waals surface area contributed by atoms with Crippen LogP contribution in [0.2, 0.25) is 0 Å². The number of aryl methyl sites for hydroxylation is 1. The molecule has 0 aliphatic rings. The molecule has 0 fully saturated rings. The summed E-state index contributed by atoms with van der Waals surface area (Å²) in [5.41, 5.74) is 0.983. The highest BCUT2D eigenvalue weighted by Gasteiger charge is 2.13. The van der Waals surface area contributed by atoms with Gasteiger partial charge in [-0.15, -0.1) is 0 Å². The monoisotopic (exact) mass is 239 g/mol. The van der Waals surface area contributed by atoms with E-state index in [1.165, 1.54) is 6.92 Å². The molecule has 1 aromatic rings. The van der Waals surface area contributed by atoms with Crippen LogP contribution in [0.5, 0.6) is 0 Å². The van der Waals surface area contributed by atoms with Crippen molar-refractivity contribution in [3.05, 3.63) is 18.0 Å². The van der Waals surface area contributed by atoms with Crippen LogP contribution in [-0.4, -0.2) is 32.8 Å². The smallest absolute Gasteiger partial charge is 0.303 e. The van der Waals surface area contributed by atoms with E-state index in [1.807, 2.05) is 13.2 Å². The molecule has 0 spiro atoms. The third-order valence-electron chi connectivity index (χ3n) is 2.35. The molecule has 0 bridgehead atoms. The predicted molar refractivity (Wildman–Crippen MR) is 61.4 cm³/mol.